The summed E-state index contributed by atoms with van der Waals surface area (Å²) in [6.07, 6.45) is 9.13. The van der Waals surface area contributed by atoms with Crippen molar-refractivity contribution in [2.24, 2.45) is 7.05 Å². The van der Waals surface area contributed by atoms with Crippen molar-refractivity contribution in [2.45, 2.75) is 18.9 Å². The van der Waals surface area contributed by atoms with Gasteiger partial charge in [-0.15, -0.1) is 0 Å². The fourth-order valence-electron chi connectivity index (χ4n) is 3.15. The van der Waals surface area contributed by atoms with E-state index in [4.69, 9.17) is 0 Å². The predicted octanol–water partition coefficient (Wildman–Crippen LogP) is 2.56. The molecule has 126 valence electrons. The summed E-state index contributed by atoms with van der Waals surface area (Å²) in [7, 11) is 4.01. The lowest BCUT2D eigenvalue weighted by molar-refractivity contribution is -0.126. The quantitative estimate of drug-likeness (QED) is 0.812. The lowest BCUT2D eigenvalue weighted by atomic mass is 10.0. The van der Waals surface area contributed by atoms with Crippen molar-refractivity contribution < 1.29 is 4.79 Å². The number of anilines is 1. The van der Waals surface area contributed by atoms with Gasteiger partial charge in [0.15, 0.2) is 0 Å². The van der Waals surface area contributed by atoms with Gasteiger partial charge in [-0.25, -0.2) is 0 Å². The summed E-state index contributed by atoms with van der Waals surface area (Å²) in [5.74, 6) is 0.0830. The van der Waals surface area contributed by atoms with Crippen molar-refractivity contribution in [2.75, 3.05) is 25.0 Å². The molecule has 3 rings (SSSR count). The number of hydrogen-bond acceptors (Lipinski definition) is 3. The first-order valence-corrected chi connectivity index (χ1v) is 8.37. The number of amides is 1. The molecule has 0 atom stereocenters. The number of hydrogen-bond donors (Lipinski definition) is 0. The van der Waals surface area contributed by atoms with Crippen LogP contribution in [-0.2, 0) is 11.8 Å². The molecule has 0 bridgehead atoms. The van der Waals surface area contributed by atoms with Gasteiger partial charge in [0, 0.05) is 56.8 Å². The van der Waals surface area contributed by atoms with Gasteiger partial charge in [-0.3, -0.25) is 9.48 Å². The average Bonchev–Trinajstić information content (AvgIpc) is 3.05. The predicted molar refractivity (Wildman–Crippen MR) is 96.7 cm³/mol. The van der Waals surface area contributed by atoms with Crippen molar-refractivity contribution in [1.82, 2.24) is 14.7 Å². The Morgan fingerprint density at radius 1 is 1.25 bits per heavy atom. The molecule has 2 heterocycles. The summed E-state index contributed by atoms with van der Waals surface area (Å²) in [6, 6.07) is 10.9. The summed E-state index contributed by atoms with van der Waals surface area (Å²) < 4.78 is 1.73. The van der Waals surface area contributed by atoms with Crippen LogP contribution < -0.4 is 4.90 Å². The highest BCUT2D eigenvalue weighted by molar-refractivity contribution is 5.91. The molecule has 2 aromatic rings. The number of carbonyl (C=O) groups excluding carboxylic acids is 1. The summed E-state index contributed by atoms with van der Waals surface area (Å²) >= 11 is 0. The van der Waals surface area contributed by atoms with E-state index in [2.05, 4.69) is 41.3 Å². The molecule has 1 saturated heterocycles. The Hall–Kier alpha value is -2.56. The number of nitrogens with zero attached hydrogens (tertiary/aromatic N) is 4. The van der Waals surface area contributed by atoms with Gasteiger partial charge in [0.05, 0.1) is 6.20 Å². The number of benzene rings is 1. The molecule has 0 saturated carbocycles. The first kappa shape index (κ1) is 16.3. The first-order chi connectivity index (χ1) is 11.6. The standard InChI is InChI=1S/C19H24N4O/c1-21-15-16(14-20-21)8-9-19(24)23-12-10-18(11-13-23)22(2)17-6-4-3-5-7-17/h3-9,14-15,18H,10-13H2,1-2H3. The molecule has 24 heavy (non-hydrogen) atoms. The SMILES string of the molecule is CN(c1ccccc1)C1CCN(C(=O)C=Cc2cnn(C)c2)CC1. The minimum absolute atomic E-state index is 0.0830. The summed E-state index contributed by atoms with van der Waals surface area (Å²) in [5.41, 5.74) is 2.18. The maximum absolute atomic E-state index is 12.3. The number of para-hydroxylation sites is 1. The van der Waals surface area contributed by atoms with Crippen LogP contribution in [0.1, 0.15) is 18.4 Å². The van der Waals surface area contributed by atoms with E-state index in [0.29, 0.717) is 6.04 Å². The van der Waals surface area contributed by atoms with Crippen LogP contribution in [0.3, 0.4) is 0 Å². The van der Waals surface area contributed by atoms with Gasteiger partial charge in [0.25, 0.3) is 0 Å². The highest BCUT2D eigenvalue weighted by atomic mass is 16.2. The Kier molecular flexibility index (Phi) is 4.99. The molecule has 0 spiro atoms. The molecular formula is C19H24N4O. The fourth-order valence-corrected chi connectivity index (χ4v) is 3.15. The molecule has 1 aromatic heterocycles. The molecule has 5 heteroatoms. The van der Waals surface area contributed by atoms with Gasteiger partial charge in [-0.2, -0.15) is 5.10 Å². The number of piperidine rings is 1. The van der Waals surface area contributed by atoms with Crippen LogP contribution in [0.25, 0.3) is 6.08 Å². The van der Waals surface area contributed by atoms with E-state index in [0.717, 1.165) is 31.5 Å². The second-order valence-corrected chi connectivity index (χ2v) is 6.28. The van der Waals surface area contributed by atoms with Gasteiger partial charge in [0.1, 0.15) is 0 Å². The van der Waals surface area contributed by atoms with Crippen LogP contribution >= 0.6 is 0 Å². The van der Waals surface area contributed by atoms with Crippen molar-refractivity contribution in [3.63, 3.8) is 0 Å². The van der Waals surface area contributed by atoms with E-state index >= 15 is 0 Å². The van der Waals surface area contributed by atoms with E-state index in [1.807, 2.05) is 30.3 Å². The first-order valence-electron chi connectivity index (χ1n) is 8.37. The number of carbonyl (C=O) groups is 1. The Balaban J connectivity index is 1.53. The van der Waals surface area contributed by atoms with Gasteiger partial charge >= 0.3 is 0 Å². The Bertz CT molecular complexity index is 699. The zero-order chi connectivity index (χ0) is 16.9. The number of likely N-dealkylation sites (tertiary alicyclic amines) is 1. The largest absolute Gasteiger partial charge is 0.371 e. The lowest BCUT2D eigenvalue weighted by Gasteiger charge is -2.37. The molecule has 1 aromatic carbocycles. The van der Waals surface area contributed by atoms with Crippen molar-refractivity contribution in [3.05, 3.63) is 54.4 Å². The normalized spacial score (nSPS) is 15.8. The lowest BCUT2D eigenvalue weighted by Crippen LogP contribution is -2.45. The van der Waals surface area contributed by atoms with E-state index in [9.17, 15) is 4.79 Å². The van der Waals surface area contributed by atoms with Crippen molar-refractivity contribution >= 4 is 17.7 Å². The molecule has 0 unspecified atom stereocenters. The average molecular weight is 324 g/mol. The van der Waals surface area contributed by atoms with Crippen LogP contribution in [0.2, 0.25) is 0 Å². The molecule has 5 nitrogen and oxygen atoms in total. The van der Waals surface area contributed by atoms with Crippen LogP contribution in [0.15, 0.2) is 48.8 Å². The Morgan fingerprint density at radius 2 is 1.96 bits per heavy atom. The summed E-state index contributed by atoms with van der Waals surface area (Å²) in [4.78, 5) is 16.6. The van der Waals surface area contributed by atoms with Gasteiger partial charge in [0.2, 0.25) is 5.91 Å². The molecule has 1 fully saturated rings. The molecule has 0 N–H and O–H groups in total. The second kappa shape index (κ2) is 7.34. The zero-order valence-electron chi connectivity index (χ0n) is 14.3. The fraction of sp³-hybridized carbons (Fsp3) is 0.368. The van der Waals surface area contributed by atoms with Crippen LogP contribution in [-0.4, -0.2) is 46.8 Å². The summed E-state index contributed by atoms with van der Waals surface area (Å²) in [6.45, 7) is 1.61. The molecule has 1 aliphatic heterocycles. The van der Waals surface area contributed by atoms with Crippen LogP contribution in [0, 0.1) is 0 Å². The maximum atomic E-state index is 12.3. The van der Waals surface area contributed by atoms with Crippen molar-refractivity contribution in [1.29, 1.82) is 0 Å². The third-order valence-corrected chi connectivity index (χ3v) is 4.63. The third kappa shape index (κ3) is 3.85. The minimum Gasteiger partial charge on any atom is -0.371 e. The Labute approximate surface area is 143 Å². The number of aryl methyl sites for hydroxylation is 1. The smallest absolute Gasteiger partial charge is 0.246 e. The zero-order valence-corrected chi connectivity index (χ0v) is 14.3. The van der Waals surface area contributed by atoms with Gasteiger partial charge < -0.3 is 9.80 Å². The van der Waals surface area contributed by atoms with Gasteiger partial charge in [-0.1, -0.05) is 18.2 Å². The van der Waals surface area contributed by atoms with E-state index in [1.165, 1.54) is 5.69 Å². The molecule has 1 amide bonds. The molecular weight excluding hydrogens is 300 g/mol. The summed E-state index contributed by atoms with van der Waals surface area (Å²) in [5, 5.41) is 4.10. The number of aromatic nitrogens is 2. The van der Waals surface area contributed by atoms with E-state index < -0.39 is 0 Å². The third-order valence-electron chi connectivity index (χ3n) is 4.63. The minimum atomic E-state index is 0.0830. The highest BCUT2D eigenvalue weighted by Crippen LogP contribution is 2.22. The van der Waals surface area contributed by atoms with Crippen LogP contribution in [0.4, 0.5) is 5.69 Å². The second-order valence-electron chi connectivity index (χ2n) is 6.28. The highest BCUT2D eigenvalue weighted by Gasteiger charge is 2.24. The van der Waals surface area contributed by atoms with Gasteiger partial charge in [-0.05, 0) is 31.1 Å². The molecule has 0 aliphatic carbocycles. The van der Waals surface area contributed by atoms with Crippen molar-refractivity contribution in [3.8, 4) is 0 Å². The number of rotatable bonds is 4. The topological polar surface area (TPSA) is 41.4 Å². The Morgan fingerprint density at radius 3 is 2.58 bits per heavy atom. The van der Waals surface area contributed by atoms with Crippen LogP contribution in [0.5, 0.6) is 0 Å². The maximum Gasteiger partial charge on any atom is 0.246 e. The van der Waals surface area contributed by atoms with E-state index in [-0.39, 0.29) is 5.91 Å². The van der Waals surface area contributed by atoms with E-state index in [1.54, 1.807) is 17.0 Å². The monoisotopic (exact) mass is 324 g/mol. The molecule has 1 aliphatic rings. The molecule has 0 radical (unpaired) electrons.